The van der Waals surface area contributed by atoms with E-state index in [1.807, 2.05) is 19.9 Å². The highest BCUT2D eigenvalue weighted by molar-refractivity contribution is 9.10. The molecule has 5 heteroatoms. The molecule has 1 rings (SSSR count). The summed E-state index contributed by atoms with van der Waals surface area (Å²) in [5.41, 5.74) is 1.12. The van der Waals surface area contributed by atoms with Gasteiger partial charge in [-0.15, -0.1) is 0 Å². The molecule has 100 valence electrons. The molecule has 0 saturated heterocycles. The molecule has 0 aliphatic heterocycles. The number of anilines is 1. The van der Waals surface area contributed by atoms with Gasteiger partial charge in [0.1, 0.15) is 5.82 Å². The van der Waals surface area contributed by atoms with Gasteiger partial charge in [0.15, 0.2) is 0 Å². The van der Waals surface area contributed by atoms with Gasteiger partial charge in [0.25, 0.3) is 0 Å². The van der Waals surface area contributed by atoms with Gasteiger partial charge in [0.2, 0.25) is 5.91 Å². The summed E-state index contributed by atoms with van der Waals surface area (Å²) in [5.74, 6) is 0.854. The zero-order chi connectivity index (χ0) is 13.5. The number of nitrogens with one attached hydrogen (secondary N) is 2. The van der Waals surface area contributed by atoms with Gasteiger partial charge in [0.05, 0.1) is 4.47 Å². The van der Waals surface area contributed by atoms with Gasteiger partial charge in [-0.2, -0.15) is 0 Å². The Morgan fingerprint density at radius 1 is 1.56 bits per heavy atom. The van der Waals surface area contributed by atoms with Crippen LogP contribution in [0.15, 0.2) is 16.7 Å². The van der Waals surface area contributed by atoms with Crippen LogP contribution in [0.1, 0.15) is 32.3 Å². The Bertz CT molecular complexity index is 409. The molecule has 18 heavy (non-hydrogen) atoms. The lowest BCUT2D eigenvalue weighted by atomic mass is 10.2. The smallest absolute Gasteiger partial charge is 0.221 e. The predicted octanol–water partition coefficient (Wildman–Crippen LogP) is 2.87. The minimum absolute atomic E-state index is 0.0700. The van der Waals surface area contributed by atoms with Crippen LogP contribution in [0, 0.1) is 6.92 Å². The average molecular weight is 314 g/mol. The number of halogens is 1. The second-order valence-corrected chi connectivity index (χ2v) is 5.14. The maximum atomic E-state index is 11.6. The van der Waals surface area contributed by atoms with E-state index in [9.17, 15) is 4.79 Å². The molecule has 0 bridgehead atoms. The summed E-state index contributed by atoms with van der Waals surface area (Å²) in [6.07, 6.45) is 3.15. The van der Waals surface area contributed by atoms with Crippen molar-refractivity contribution in [1.29, 1.82) is 0 Å². The number of aromatic nitrogens is 1. The minimum Gasteiger partial charge on any atom is -0.369 e. The van der Waals surface area contributed by atoms with Crippen LogP contribution < -0.4 is 10.6 Å². The highest BCUT2D eigenvalue weighted by Crippen LogP contribution is 2.22. The lowest BCUT2D eigenvalue weighted by Crippen LogP contribution is -2.33. The zero-order valence-electron chi connectivity index (χ0n) is 11.1. The molecule has 1 unspecified atom stereocenters. The molecule has 1 atom stereocenters. The Balaban J connectivity index is 2.38. The monoisotopic (exact) mass is 313 g/mol. The molecule has 4 nitrogen and oxygen atoms in total. The van der Waals surface area contributed by atoms with Crippen LogP contribution in [-0.2, 0) is 4.79 Å². The lowest BCUT2D eigenvalue weighted by molar-refractivity contribution is -0.121. The van der Waals surface area contributed by atoms with E-state index in [4.69, 9.17) is 0 Å². The topological polar surface area (TPSA) is 54.0 Å². The summed E-state index contributed by atoms with van der Waals surface area (Å²) in [6.45, 7) is 6.64. The predicted molar refractivity (Wildman–Crippen MR) is 77.7 cm³/mol. The van der Waals surface area contributed by atoms with Crippen molar-refractivity contribution >= 4 is 27.7 Å². The van der Waals surface area contributed by atoms with Gasteiger partial charge in [-0.3, -0.25) is 4.79 Å². The summed E-state index contributed by atoms with van der Waals surface area (Å²) in [6, 6.07) is 2.17. The van der Waals surface area contributed by atoms with Crippen molar-refractivity contribution in [3.05, 3.63) is 22.3 Å². The van der Waals surface area contributed by atoms with Crippen molar-refractivity contribution in [3.63, 3.8) is 0 Å². The summed E-state index contributed by atoms with van der Waals surface area (Å²) in [5, 5.41) is 6.09. The third-order valence-electron chi connectivity index (χ3n) is 2.75. The van der Waals surface area contributed by atoms with Crippen molar-refractivity contribution in [3.8, 4) is 0 Å². The summed E-state index contributed by atoms with van der Waals surface area (Å²) < 4.78 is 0.951. The quantitative estimate of drug-likeness (QED) is 0.849. The highest BCUT2D eigenvalue weighted by atomic mass is 79.9. The SMILES string of the molecule is CCC(C)NC(=O)CCNc1nccc(C)c1Br. The number of aryl methyl sites for hydroxylation is 1. The maximum absolute atomic E-state index is 11.6. The van der Waals surface area contributed by atoms with Crippen molar-refractivity contribution in [1.82, 2.24) is 10.3 Å². The van der Waals surface area contributed by atoms with Crippen LogP contribution in [0.5, 0.6) is 0 Å². The number of hydrogen-bond donors (Lipinski definition) is 2. The first-order chi connectivity index (χ1) is 8.54. The fourth-order valence-electron chi connectivity index (χ4n) is 1.41. The fourth-order valence-corrected chi connectivity index (χ4v) is 1.78. The summed E-state index contributed by atoms with van der Waals surface area (Å²) in [7, 11) is 0. The largest absolute Gasteiger partial charge is 0.369 e. The molecular weight excluding hydrogens is 294 g/mol. The van der Waals surface area contributed by atoms with Gasteiger partial charge >= 0.3 is 0 Å². The van der Waals surface area contributed by atoms with E-state index in [0.29, 0.717) is 13.0 Å². The second-order valence-electron chi connectivity index (χ2n) is 4.34. The lowest BCUT2D eigenvalue weighted by Gasteiger charge is -2.12. The van der Waals surface area contributed by atoms with Gasteiger partial charge < -0.3 is 10.6 Å². The van der Waals surface area contributed by atoms with E-state index >= 15 is 0 Å². The van der Waals surface area contributed by atoms with Crippen LogP contribution in [0.25, 0.3) is 0 Å². The standard InChI is InChI=1S/C13H20BrN3O/c1-4-10(3)17-11(18)6-8-16-13-12(14)9(2)5-7-15-13/h5,7,10H,4,6,8H2,1-3H3,(H,15,16)(H,17,18). The Morgan fingerprint density at radius 2 is 2.28 bits per heavy atom. The Hall–Kier alpha value is -1.10. The van der Waals surface area contributed by atoms with E-state index in [1.54, 1.807) is 6.20 Å². The maximum Gasteiger partial charge on any atom is 0.221 e. The molecular formula is C13H20BrN3O. The number of nitrogens with zero attached hydrogens (tertiary/aromatic N) is 1. The van der Waals surface area contributed by atoms with Crippen molar-refractivity contribution in [2.45, 2.75) is 39.7 Å². The number of carbonyl (C=O) groups is 1. The number of carbonyl (C=O) groups excluding carboxylic acids is 1. The van der Waals surface area contributed by atoms with E-state index in [2.05, 4.69) is 38.5 Å². The van der Waals surface area contributed by atoms with Crippen molar-refractivity contribution in [2.24, 2.45) is 0 Å². The minimum atomic E-state index is 0.0700. The first-order valence-corrected chi connectivity index (χ1v) is 6.98. The van der Waals surface area contributed by atoms with Gasteiger partial charge in [-0.1, -0.05) is 6.92 Å². The second kappa shape index (κ2) is 7.36. The zero-order valence-corrected chi connectivity index (χ0v) is 12.7. The molecule has 1 heterocycles. The first-order valence-electron chi connectivity index (χ1n) is 6.19. The number of amides is 1. The molecule has 1 amide bonds. The highest BCUT2D eigenvalue weighted by Gasteiger charge is 2.07. The summed E-state index contributed by atoms with van der Waals surface area (Å²) >= 11 is 3.47. The molecule has 0 spiro atoms. The number of rotatable bonds is 6. The first kappa shape index (κ1) is 15.0. The average Bonchev–Trinajstić information content (AvgIpc) is 2.34. The normalized spacial score (nSPS) is 12.0. The van der Waals surface area contributed by atoms with Crippen LogP contribution in [0.4, 0.5) is 5.82 Å². The molecule has 0 radical (unpaired) electrons. The number of hydrogen-bond acceptors (Lipinski definition) is 3. The van der Waals surface area contributed by atoms with Crippen LogP contribution in [0.2, 0.25) is 0 Å². The van der Waals surface area contributed by atoms with Gasteiger partial charge in [-0.05, 0) is 47.8 Å². The van der Waals surface area contributed by atoms with Crippen molar-refractivity contribution in [2.75, 3.05) is 11.9 Å². The molecule has 1 aromatic rings. The Kier molecular flexibility index (Phi) is 6.12. The van der Waals surface area contributed by atoms with Crippen LogP contribution in [0.3, 0.4) is 0 Å². The molecule has 0 saturated carbocycles. The van der Waals surface area contributed by atoms with Crippen LogP contribution in [-0.4, -0.2) is 23.5 Å². The van der Waals surface area contributed by atoms with Gasteiger partial charge in [0, 0.05) is 25.2 Å². The number of pyridine rings is 1. The molecule has 2 N–H and O–H groups in total. The molecule has 1 aromatic heterocycles. The molecule has 0 aliphatic rings. The van der Waals surface area contributed by atoms with Crippen molar-refractivity contribution < 1.29 is 4.79 Å². The van der Waals surface area contributed by atoms with Gasteiger partial charge in [-0.25, -0.2) is 4.98 Å². The van der Waals surface area contributed by atoms with E-state index in [0.717, 1.165) is 22.3 Å². The molecule has 0 fully saturated rings. The van der Waals surface area contributed by atoms with E-state index in [-0.39, 0.29) is 11.9 Å². The third kappa shape index (κ3) is 4.64. The van der Waals surface area contributed by atoms with E-state index in [1.165, 1.54) is 0 Å². The molecule has 0 aliphatic carbocycles. The third-order valence-corrected chi connectivity index (χ3v) is 3.75. The Labute approximate surface area is 117 Å². The fraction of sp³-hybridized carbons (Fsp3) is 0.538. The van der Waals surface area contributed by atoms with Crippen LogP contribution >= 0.6 is 15.9 Å². The molecule has 0 aromatic carbocycles. The summed E-state index contributed by atoms with van der Waals surface area (Å²) in [4.78, 5) is 15.8. The Morgan fingerprint density at radius 3 is 2.94 bits per heavy atom. The van der Waals surface area contributed by atoms with E-state index < -0.39 is 0 Å².